The normalized spacial score (nSPS) is 12.7. The number of benzene rings is 2. The summed E-state index contributed by atoms with van der Waals surface area (Å²) in [6.07, 6.45) is -3.48. The van der Waals surface area contributed by atoms with Crippen LogP contribution in [-0.2, 0) is 0 Å². The number of aliphatic hydroxyl groups is 1. The number of aliphatic hydroxyl groups excluding tert-OH is 1. The molecule has 112 valence electrons. The molecular weight excluding hydrogens is 274 g/mol. The lowest BCUT2D eigenvalue weighted by atomic mass is 9.99. The van der Waals surface area contributed by atoms with Crippen LogP contribution in [0.2, 0.25) is 0 Å². The molecule has 1 unspecified atom stereocenters. The van der Waals surface area contributed by atoms with Crippen molar-refractivity contribution in [3.63, 3.8) is 0 Å². The predicted octanol–water partition coefficient (Wildman–Crippen LogP) is 4.49. The lowest BCUT2D eigenvalue weighted by Crippen LogP contribution is -2.06. The Morgan fingerprint density at radius 3 is 2.10 bits per heavy atom. The van der Waals surface area contributed by atoms with Gasteiger partial charge in [-0.3, -0.25) is 0 Å². The molecule has 1 atom stereocenters. The van der Waals surface area contributed by atoms with Gasteiger partial charge in [0.2, 0.25) is 0 Å². The first-order valence-corrected chi connectivity index (χ1v) is 6.80. The summed E-state index contributed by atoms with van der Waals surface area (Å²) in [7, 11) is 0. The van der Waals surface area contributed by atoms with Gasteiger partial charge in [0.15, 0.2) is 0 Å². The van der Waals surface area contributed by atoms with Crippen LogP contribution in [0.4, 0.5) is 8.78 Å². The van der Waals surface area contributed by atoms with Gasteiger partial charge in [-0.15, -0.1) is 0 Å². The quantitative estimate of drug-likeness (QED) is 0.879. The van der Waals surface area contributed by atoms with Gasteiger partial charge in [-0.1, -0.05) is 30.3 Å². The fourth-order valence-electron chi connectivity index (χ4n) is 2.09. The van der Waals surface area contributed by atoms with Crippen LogP contribution in [0, 0.1) is 0 Å². The van der Waals surface area contributed by atoms with E-state index in [1.807, 2.05) is 13.8 Å². The Morgan fingerprint density at radius 1 is 0.905 bits per heavy atom. The SMILES string of the molecule is CC(C)Oc1cccc(C(O)c2cccc(C(F)F)c2)c1. The summed E-state index contributed by atoms with van der Waals surface area (Å²) in [5.41, 5.74) is 0.954. The minimum atomic E-state index is -2.55. The minimum absolute atomic E-state index is 0.0274. The highest BCUT2D eigenvalue weighted by Gasteiger charge is 2.14. The van der Waals surface area contributed by atoms with E-state index < -0.39 is 12.5 Å². The highest BCUT2D eigenvalue weighted by Crippen LogP contribution is 2.28. The third-order valence-electron chi connectivity index (χ3n) is 3.02. The monoisotopic (exact) mass is 292 g/mol. The van der Waals surface area contributed by atoms with Crippen molar-refractivity contribution < 1.29 is 18.6 Å². The van der Waals surface area contributed by atoms with Crippen molar-refractivity contribution in [2.75, 3.05) is 0 Å². The van der Waals surface area contributed by atoms with Crippen LogP contribution in [0.5, 0.6) is 5.75 Å². The van der Waals surface area contributed by atoms with Gasteiger partial charge in [0.25, 0.3) is 6.43 Å². The Bertz CT molecular complexity index is 597. The van der Waals surface area contributed by atoms with Crippen molar-refractivity contribution in [1.29, 1.82) is 0 Å². The number of hydrogen-bond acceptors (Lipinski definition) is 2. The Hall–Kier alpha value is -1.94. The Balaban J connectivity index is 2.27. The van der Waals surface area contributed by atoms with Crippen molar-refractivity contribution in [2.24, 2.45) is 0 Å². The van der Waals surface area contributed by atoms with E-state index in [1.54, 1.807) is 30.3 Å². The van der Waals surface area contributed by atoms with Gasteiger partial charge in [0.1, 0.15) is 11.9 Å². The maximum absolute atomic E-state index is 12.7. The Labute approximate surface area is 123 Å². The predicted molar refractivity (Wildman–Crippen MR) is 77.7 cm³/mol. The molecule has 0 fully saturated rings. The zero-order valence-corrected chi connectivity index (χ0v) is 12.0. The lowest BCUT2D eigenvalue weighted by molar-refractivity contribution is 0.150. The van der Waals surface area contributed by atoms with Crippen LogP contribution in [0.15, 0.2) is 48.5 Å². The molecule has 0 amide bonds. The fraction of sp³-hybridized carbons (Fsp3) is 0.294. The molecule has 2 nitrogen and oxygen atoms in total. The van der Waals surface area contributed by atoms with Crippen LogP contribution in [0.3, 0.4) is 0 Å². The molecule has 2 aromatic carbocycles. The van der Waals surface area contributed by atoms with Gasteiger partial charge in [0, 0.05) is 5.56 Å². The summed E-state index contributed by atoms with van der Waals surface area (Å²) in [6.45, 7) is 3.82. The molecule has 0 aliphatic carbocycles. The van der Waals surface area contributed by atoms with E-state index in [4.69, 9.17) is 4.74 Å². The molecule has 21 heavy (non-hydrogen) atoms. The second-order valence-electron chi connectivity index (χ2n) is 5.11. The van der Waals surface area contributed by atoms with Crippen molar-refractivity contribution in [2.45, 2.75) is 32.5 Å². The van der Waals surface area contributed by atoms with Crippen molar-refractivity contribution in [3.05, 3.63) is 65.2 Å². The Kier molecular flexibility index (Phi) is 4.91. The zero-order chi connectivity index (χ0) is 15.4. The highest BCUT2D eigenvalue weighted by molar-refractivity contribution is 5.37. The molecule has 0 spiro atoms. The van der Waals surface area contributed by atoms with Crippen LogP contribution >= 0.6 is 0 Å². The van der Waals surface area contributed by atoms with Gasteiger partial charge < -0.3 is 9.84 Å². The van der Waals surface area contributed by atoms with E-state index in [9.17, 15) is 13.9 Å². The lowest BCUT2D eigenvalue weighted by Gasteiger charge is -2.15. The summed E-state index contributed by atoms with van der Waals surface area (Å²) >= 11 is 0. The van der Waals surface area contributed by atoms with Crippen molar-refractivity contribution in [1.82, 2.24) is 0 Å². The van der Waals surface area contributed by atoms with Crippen molar-refractivity contribution in [3.8, 4) is 5.75 Å². The molecule has 4 heteroatoms. The largest absolute Gasteiger partial charge is 0.491 e. The third-order valence-corrected chi connectivity index (χ3v) is 3.02. The highest BCUT2D eigenvalue weighted by atomic mass is 19.3. The van der Waals surface area contributed by atoms with E-state index in [0.29, 0.717) is 16.9 Å². The molecule has 0 saturated carbocycles. The standard InChI is InChI=1S/C17H18F2O2/c1-11(2)21-15-8-4-6-13(10-15)16(20)12-5-3-7-14(9-12)17(18)19/h3-11,16-17,20H,1-2H3. The molecule has 0 aliphatic heterocycles. The molecular formula is C17H18F2O2. The Morgan fingerprint density at radius 2 is 1.48 bits per heavy atom. The third kappa shape index (κ3) is 4.02. The number of ether oxygens (including phenoxy) is 1. The molecule has 0 radical (unpaired) electrons. The van der Waals surface area contributed by atoms with Gasteiger partial charge in [-0.25, -0.2) is 8.78 Å². The smallest absolute Gasteiger partial charge is 0.263 e. The number of hydrogen-bond donors (Lipinski definition) is 1. The maximum Gasteiger partial charge on any atom is 0.263 e. The number of alkyl halides is 2. The fourth-order valence-corrected chi connectivity index (χ4v) is 2.09. The maximum atomic E-state index is 12.7. The first-order valence-electron chi connectivity index (χ1n) is 6.80. The first kappa shape index (κ1) is 15.4. The van der Waals surface area contributed by atoms with Crippen LogP contribution in [-0.4, -0.2) is 11.2 Å². The average molecular weight is 292 g/mol. The number of rotatable bonds is 5. The van der Waals surface area contributed by atoms with E-state index >= 15 is 0 Å². The van der Waals surface area contributed by atoms with E-state index in [-0.39, 0.29) is 11.7 Å². The summed E-state index contributed by atoms with van der Waals surface area (Å²) in [4.78, 5) is 0. The first-order chi connectivity index (χ1) is 9.97. The summed E-state index contributed by atoms with van der Waals surface area (Å²) in [6, 6.07) is 12.9. The second-order valence-corrected chi connectivity index (χ2v) is 5.11. The summed E-state index contributed by atoms with van der Waals surface area (Å²) in [5.74, 6) is 0.645. The summed E-state index contributed by atoms with van der Waals surface area (Å²) < 4.78 is 31.0. The van der Waals surface area contributed by atoms with Crippen molar-refractivity contribution >= 4 is 0 Å². The molecule has 1 N–H and O–H groups in total. The topological polar surface area (TPSA) is 29.5 Å². The molecule has 2 rings (SSSR count). The molecule has 0 aliphatic rings. The average Bonchev–Trinajstić information content (AvgIpc) is 2.46. The second kappa shape index (κ2) is 6.68. The van der Waals surface area contributed by atoms with Gasteiger partial charge in [-0.2, -0.15) is 0 Å². The number of halogens is 2. The van der Waals surface area contributed by atoms with Crippen LogP contribution in [0.25, 0.3) is 0 Å². The molecule has 0 saturated heterocycles. The van der Waals surface area contributed by atoms with E-state index in [0.717, 1.165) is 0 Å². The van der Waals surface area contributed by atoms with E-state index in [1.165, 1.54) is 18.2 Å². The zero-order valence-electron chi connectivity index (χ0n) is 12.0. The molecule has 0 heterocycles. The van der Waals surface area contributed by atoms with Crippen LogP contribution < -0.4 is 4.74 Å². The van der Waals surface area contributed by atoms with E-state index in [2.05, 4.69) is 0 Å². The summed E-state index contributed by atoms with van der Waals surface area (Å²) in [5, 5.41) is 10.4. The van der Waals surface area contributed by atoms with Gasteiger partial charge in [-0.05, 0) is 43.2 Å². The van der Waals surface area contributed by atoms with Gasteiger partial charge in [0.05, 0.1) is 6.10 Å². The molecule has 0 aromatic heterocycles. The van der Waals surface area contributed by atoms with Gasteiger partial charge >= 0.3 is 0 Å². The molecule has 0 bridgehead atoms. The molecule has 2 aromatic rings. The minimum Gasteiger partial charge on any atom is -0.491 e. The van der Waals surface area contributed by atoms with Crippen LogP contribution in [0.1, 0.15) is 43.1 Å².